The van der Waals surface area contributed by atoms with Gasteiger partial charge in [0.05, 0.1) is 34.9 Å². The van der Waals surface area contributed by atoms with Gasteiger partial charge in [-0.3, -0.25) is 4.79 Å². The van der Waals surface area contributed by atoms with Gasteiger partial charge in [0.1, 0.15) is 24.0 Å². The van der Waals surface area contributed by atoms with Gasteiger partial charge in [-0.05, 0) is 84.1 Å². The van der Waals surface area contributed by atoms with Gasteiger partial charge in [0.15, 0.2) is 0 Å². The molecular weight excluding hydrogens is 637 g/mol. The van der Waals surface area contributed by atoms with Crippen molar-refractivity contribution in [3.63, 3.8) is 0 Å². The molecule has 0 saturated heterocycles. The highest BCUT2D eigenvalue weighted by Crippen LogP contribution is 2.38. The predicted octanol–water partition coefficient (Wildman–Crippen LogP) is 7.03. The summed E-state index contributed by atoms with van der Waals surface area (Å²) >= 11 is 6.11. The molecule has 0 aliphatic heterocycles. The van der Waals surface area contributed by atoms with E-state index in [9.17, 15) is 19.8 Å². The highest BCUT2D eigenvalue weighted by atomic mass is 35.5. The maximum atomic E-state index is 15.9. The van der Waals surface area contributed by atoms with E-state index in [0.29, 0.717) is 27.5 Å². The highest BCUT2D eigenvalue weighted by molar-refractivity contribution is 6.30. The minimum Gasteiger partial charge on any atom is -0.489 e. The van der Waals surface area contributed by atoms with Crippen LogP contribution in [0.4, 0.5) is 4.39 Å². The third-order valence-electron chi connectivity index (χ3n) is 8.68. The van der Waals surface area contributed by atoms with E-state index in [0.717, 1.165) is 48.7 Å². The molecule has 5 aromatic rings. The summed E-state index contributed by atoms with van der Waals surface area (Å²) < 4.78 is 24.1. The van der Waals surface area contributed by atoms with Crippen LogP contribution in [0.2, 0.25) is 5.02 Å². The Morgan fingerprint density at radius 3 is 2.40 bits per heavy atom. The number of carboxylic acids is 1. The number of carbonyl (C=O) groups is 2. The lowest BCUT2D eigenvalue weighted by Crippen LogP contribution is -2.33. The van der Waals surface area contributed by atoms with Crippen molar-refractivity contribution < 1.29 is 34.0 Å². The van der Waals surface area contributed by atoms with E-state index in [4.69, 9.17) is 26.4 Å². The number of rotatable bonds is 11. The molecule has 0 spiro atoms. The molecule has 248 valence electrons. The number of hydrogen-bond acceptors (Lipinski definition) is 6. The van der Waals surface area contributed by atoms with Gasteiger partial charge in [0.25, 0.3) is 5.91 Å². The van der Waals surface area contributed by atoms with Gasteiger partial charge < -0.3 is 29.9 Å². The maximum Gasteiger partial charge on any atom is 0.335 e. The summed E-state index contributed by atoms with van der Waals surface area (Å²) in [6.07, 6.45) is 4.02. The molecule has 1 heterocycles. The van der Waals surface area contributed by atoms with Crippen molar-refractivity contribution in [3.05, 3.63) is 106 Å². The number of aromatic carboxylic acids is 1. The second-order valence-electron chi connectivity index (χ2n) is 12.0. The van der Waals surface area contributed by atoms with Crippen LogP contribution in [0.15, 0.2) is 78.9 Å². The van der Waals surface area contributed by atoms with Crippen molar-refractivity contribution in [2.75, 3.05) is 13.2 Å². The Kier molecular flexibility index (Phi) is 10.0. The zero-order valence-electron chi connectivity index (χ0n) is 26.0. The fourth-order valence-electron chi connectivity index (χ4n) is 6.20. The Labute approximate surface area is 281 Å². The van der Waals surface area contributed by atoms with E-state index >= 15 is 4.39 Å². The Morgan fingerprint density at radius 2 is 1.69 bits per heavy atom. The van der Waals surface area contributed by atoms with Crippen molar-refractivity contribution in [1.82, 2.24) is 14.9 Å². The van der Waals surface area contributed by atoms with E-state index in [2.05, 4.69) is 5.32 Å². The summed E-state index contributed by atoms with van der Waals surface area (Å²) in [6, 6.07) is 21.9. The predicted molar refractivity (Wildman–Crippen MR) is 181 cm³/mol. The number of benzene rings is 4. The van der Waals surface area contributed by atoms with Gasteiger partial charge in [-0.2, -0.15) is 0 Å². The molecular formula is C37H35ClFN3O6. The van der Waals surface area contributed by atoms with E-state index < -0.39 is 30.4 Å². The van der Waals surface area contributed by atoms with Crippen LogP contribution in [0.3, 0.4) is 0 Å². The molecule has 0 radical (unpaired) electrons. The van der Waals surface area contributed by atoms with Crippen LogP contribution in [0, 0.1) is 5.82 Å². The zero-order chi connectivity index (χ0) is 33.8. The minimum atomic E-state index is -1.08. The molecule has 1 saturated carbocycles. The van der Waals surface area contributed by atoms with E-state index in [-0.39, 0.29) is 36.1 Å². The van der Waals surface area contributed by atoms with Crippen LogP contribution in [0.1, 0.15) is 64.4 Å². The first-order valence-corrected chi connectivity index (χ1v) is 16.2. The molecule has 6 rings (SSSR count). The number of imidazole rings is 1. The number of aromatic nitrogens is 2. The summed E-state index contributed by atoms with van der Waals surface area (Å²) in [5.74, 6) is -1.31. The normalized spacial score (nSPS) is 14.2. The van der Waals surface area contributed by atoms with Crippen molar-refractivity contribution in [3.8, 4) is 28.3 Å². The number of carboxylic acid groups (broad SMARTS) is 1. The molecule has 1 unspecified atom stereocenters. The van der Waals surface area contributed by atoms with Gasteiger partial charge in [-0.15, -0.1) is 0 Å². The number of hydrogen-bond donors (Lipinski definition) is 4. The van der Waals surface area contributed by atoms with Gasteiger partial charge in [0, 0.05) is 29.2 Å². The van der Waals surface area contributed by atoms with Crippen LogP contribution in [-0.2, 0) is 6.61 Å². The smallest absolute Gasteiger partial charge is 0.335 e. The number of amides is 1. The van der Waals surface area contributed by atoms with Crippen LogP contribution in [0.5, 0.6) is 5.75 Å². The van der Waals surface area contributed by atoms with Gasteiger partial charge in [-0.25, -0.2) is 14.2 Å². The summed E-state index contributed by atoms with van der Waals surface area (Å²) in [7, 11) is 0. The number of aliphatic hydroxyl groups is 2. The average molecular weight is 672 g/mol. The van der Waals surface area contributed by atoms with Crippen molar-refractivity contribution in [2.24, 2.45) is 0 Å². The van der Waals surface area contributed by atoms with Crippen LogP contribution in [0.25, 0.3) is 33.5 Å². The quantitative estimate of drug-likeness (QED) is 0.118. The first-order chi connectivity index (χ1) is 23.2. The summed E-state index contributed by atoms with van der Waals surface area (Å²) in [5, 5.41) is 31.4. The van der Waals surface area contributed by atoms with Gasteiger partial charge >= 0.3 is 5.97 Å². The molecule has 1 atom stereocenters. The lowest BCUT2D eigenvalue weighted by atomic mass is 9.94. The summed E-state index contributed by atoms with van der Waals surface area (Å²) in [4.78, 5) is 29.2. The summed E-state index contributed by atoms with van der Waals surface area (Å²) in [5.41, 5.74) is 4.29. The molecule has 4 N–H and O–H groups in total. The Hall–Kier alpha value is -4.77. The monoisotopic (exact) mass is 671 g/mol. The van der Waals surface area contributed by atoms with Crippen LogP contribution >= 0.6 is 11.6 Å². The molecule has 1 fully saturated rings. The fourth-order valence-corrected chi connectivity index (χ4v) is 6.33. The molecule has 0 bridgehead atoms. The number of nitrogens with zero attached hydrogens (tertiary/aromatic N) is 2. The second kappa shape index (κ2) is 14.6. The number of aliphatic hydroxyl groups excluding tert-OH is 2. The SMILES string of the molecule is O=C(O)c1ccc2c(c1)nc(-c1ccc(OCc3cc(C(=O)NCC(O)CO)ccc3-c3ccc(Cl)cc3)cc1F)n2C1CCCCC1. The average Bonchev–Trinajstić information content (AvgIpc) is 3.48. The second-order valence-corrected chi connectivity index (χ2v) is 12.4. The molecule has 1 aromatic heterocycles. The lowest BCUT2D eigenvalue weighted by molar-refractivity contribution is 0.0696. The maximum absolute atomic E-state index is 15.9. The molecule has 1 aliphatic rings. The van der Waals surface area contributed by atoms with E-state index in [1.54, 1.807) is 54.6 Å². The molecule has 48 heavy (non-hydrogen) atoms. The third kappa shape index (κ3) is 7.21. The third-order valence-corrected chi connectivity index (χ3v) is 8.94. The first kappa shape index (κ1) is 33.1. The lowest BCUT2D eigenvalue weighted by Gasteiger charge is -2.25. The standard InChI is InChI=1S/C37H35ClFN3O6/c38-26-10-6-22(7-11-26)30-13-8-23(36(45)40-19-28(44)20-43)16-25(30)21-48-29-12-14-31(32(39)18-29)35-41-33-17-24(37(46)47)9-15-34(33)42(35)27-4-2-1-3-5-27/h6-18,27-28,43-44H,1-5,19-21H2,(H,40,45)(H,46,47). The zero-order valence-corrected chi connectivity index (χ0v) is 26.8. The molecule has 11 heteroatoms. The largest absolute Gasteiger partial charge is 0.489 e. The Bertz CT molecular complexity index is 1960. The van der Waals surface area contributed by atoms with Crippen molar-refractivity contribution >= 4 is 34.5 Å². The number of ether oxygens (including phenoxy) is 1. The minimum absolute atomic E-state index is 0.00961. The van der Waals surface area contributed by atoms with Gasteiger partial charge in [-0.1, -0.05) is 49.1 Å². The number of nitrogens with one attached hydrogen (secondary N) is 1. The van der Waals surface area contributed by atoms with E-state index in [1.807, 2.05) is 16.7 Å². The van der Waals surface area contributed by atoms with Crippen molar-refractivity contribution in [2.45, 2.75) is 50.9 Å². The Morgan fingerprint density at radius 1 is 0.958 bits per heavy atom. The molecule has 9 nitrogen and oxygen atoms in total. The van der Waals surface area contributed by atoms with Gasteiger partial charge in [0.2, 0.25) is 0 Å². The number of halogens is 2. The molecule has 4 aromatic carbocycles. The molecule has 1 amide bonds. The fraction of sp³-hybridized carbons (Fsp3) is 0.270. The van der Waals surface area contributed by atoms with Crippen LogP contribution < -0.4 is 10.1 Å². The first-order valence-electron chi connectivity index (χ1n) is 15.9. The highest BCUT2D eigenvalue weighted by Gasteiger charge is 2.25. The summed E-state index contributed by atoms with van der Waals surface area (Å²) in [6.45, 7) is -0.578. The van der Waals surface area contributed by atoms with Crippen molar-refractivity contribution in [1.29, 1.82) is 0 Å². The number of carbonyl (C=O) groups excluding carboxylic acids is 1. The topological polar surface area (TPSA) is 134 Å². The van der Waals surface area contributed by atoms with E-state index in [1.165, 1.54) is 12.1 Å². The van der Waals surface area contributed by atoms with Crippen LogP contribution in [-0.4, -0.2) is 56.0 Å². The Balaban J connectivity index is 1.30. The molecule has 1 aliphatic carbocycles. The number of fused-ring (bicyclic) bond motifs is 1.